The van der Waals surface area contributed by atoms with Gasteiger partial charge in [0, 0.05) is 30.4 Å². The van der Waals surface area contributed by atoms with Crippen molar-refractivity contribution in [2.45, 2.75) is 39.2 Å². The first-order valence-corrected chi connectivity index (χ1v) is 9.84. The summed E-state index contributed by atoms with van der Waals surface area (Å²) in [7, 11) is 0. The van der Waals surface area contributed by atoms with Gasteiger partial charge in [-0.25, -0.2) is 0 Å². The number of rotatable bonds is 5. The summed E-state index contributed by atoms with van der Waals surface area (Å²) in [6.07, 6.45) is 2.16. The van der Waals surface area contributed by atoms with Crippen molar-refractivity contribution in [3.8, 4) is 0 Å². The van der Waals surface area contributed by atoms with Crippen molar-refractivity contribution >= 4 is 17.5 Å². The highest BCUT2D eigenvalue weighted by molar-refractivity contribution is 5.93. The summed E-state index contributed by atoms with van der Waals surface area (Å²) in [5.41, 5.74) is 4.40. The molecule has 0 atom stereocenters. The molecule has 1 saturated heterocycles. The zero-order valence-electron chi connectivity index (χ0n) is 16.4. The van der Waals surface area contributed by atoms with Crippen molar-refractivity contribution in [2.75, 3.05) is 31.6 Å². The fraction of sp³-hybridized carbons (Fsp3) is 0.476. The van der Waals surface area contributed by atoms with Crippen LogP contribution in [0, 0.1) is 13.8 Å². The number of benzene rings is 1. The summed E-state index contributed by atoms with van der Waals surface area (Å²) in [4.78, 5) is 27.2. The molecule has 1 N–H and O–H groups in total. The second-order valence-corrected chi connectivity index (χ2v) is 7.59. The van der Waals surface area contributed by atoms with Crippen molar-refractivity contribution in [1.82, 2.24) is 14.7 Å². The molecule has 1 saturated carbocycles. The second-order valence-electron chi connectivity index (χ2n) is 7.59. The van der Waals surface area contributed by atoms with Crippen LogP contribution in [0.25, 0.3) is 0 Å². The highest BCUT2D eigenvalue weighted by Gasteiger charge is 2.31. The molecule has 1 aliphatic carbocycles. The monoisotopic (exact) mass is 382 g/mol. The van der Waals surface area contributed by atoms with Gasteiger partial charge in [-0.05, 0) is 49.9 Å². The predicted octanol–water partition coefficient (Wildman–Crippen LogP) is 2.49. The number of carbonyl (C=O) groups excluding carboxylic acids is 2. The van der Waals surface area contributed by atoms with Gasteiger partial charge in [0.25, 0.3) is 5.91 Å². The Bertz CT molecular complexity index is 895. The average molecular weight is 382 g/mol. The lowest BCUT2D eigenvalue weighted by Crippen LogP contribution is -2.40. The van der Waals surface area contributed by atoms with Crippen LogP contribution < -0.4 is 5.32 Å². The van der Waals surface area contributed by atoms with Crippen molar-refractivity contribution in [3.63, 3.8) is 0 Å². The van der Waals surface area contributed by atoms with Gasteiger partial charge in [-0.15, -0.1) is 0 Å². The molecule has 0 bridgehead atoms. The fourth-order valence-corrected chi connectivity index (χ4v) is 3.51. The molecule has 4 rings (SSSR count). The van der Waals surface area contributed by atoms with E-state index in [1.165, 1.54) is 0 Å². The van der Waals surface area contributed by atoms with Crippen LogP contribution in [0.3, 0.4) is 0 Å². The Balaban J connectivity index is 1.50. The van der Waals surface area contributed by atoms with Gasteiger partial charge in [-0.3, -0.25) is 14.3 Å². The van der Waals surface area contributed by atoms with Gasteiger partial charge < -0.3 is 15.0 Å². The van der Waals surface area contributed by atoms with Gasteiger partial charge in [0.2, 0.25) is 5.91 Å². The van der Waals surface area contributed by atoms with E-state index in [1.54, 1.807) is 9.58 Å². The van der Waals surface area contributed by atoms with Gasteiger partial charge >= 0.3 is 0 Å². The summed E-state index contributed by atoms with van der Waals surface area (Å²) >= 11 is 0. The number of aromatic nitrogens is 2. The Morgan fingerprint density at radius 1 is 1.21 bits per heavy atom. The van der Waals surface area contributed by atoms with Crippen molar-refractivity contribution < 1.29 is 14.3 Å². The number of carbonyl (C=O) groups is 2. The summed E-state index contributed by atoms with van der Waals surface area (Å²) in [5.74, 6) is 0.176. The lowest BCUT2D eigenvalue weighted by Gasteiger charge is -2.25. The Hall–Kier alpha value is -2.67. The normalized spacial score (nSPS) is 16.9. The SMILES string of the molecule is Cc1cccc(NC(=O)Cn2nc(C(=O)N3CCOCC3)cc2C2CC2)c1C. The number of ether oxygens (including phenoxy) is 1. The van der Waals surface area contributed by atoms with Crippen LogP contribution in [0.5, 0.6) is 0 Å². The van der Waals surface area contributed by atoms with E-state index in [0.717, 1.165) is 35.3 Å². The molecule has 1 aromatic carbocycles. The summed E-state index contributed by atoms with van der Waals surface area (Å²) in [5, 5.41) is 7.47. The van der Waals surface area contributed by atoms with E-state index < -0.39 is 0 Å². The van der Waals surface area contributed by atoms with E-state index in [-0.39, 0.29) is 18.4 Å². The Morgan fingerprint density at radius 2 is 1.96 bits per heavy atom. The third kappa shape index (κ3) is 3.94. The predicted molar refractivity (Wildman–Crippen MR) is 105 cm³/mol. The first-order valence-electron chi connectivity index (χ1n) is 9.84. The van der Waals surface area contributed by atoms with Crippen LogP contribution in [0.4, 0.5) is 5.69 Å². The van der Waals surface area contributed by atoms with E-state index in [2.05, 4.69) is 10.4 Å². The van der Waals surface area contributed by atoms with Gasteiger partial charge in [0.05, 0.1) is 13.2 Å². The molecule has 1 aliphatic heterocycles. The smallest absolute Gasteiger partial charge is 0.274 e. The molecule has 2 heterocycles. The quantitative estimate of drug-likeness (QED) is 0.862. The number of morpholine rings is 1. The maximum Gasteiger partial charge on any atom is 0.274 e. The van der Waals surface area contributed by atoms with Gasteiger partial charge in [0.1, 0.15) is 6.54 Å². The Morgan fingerprint density at radius 3 is 2.68 bits per heavy atom. The topological polar surface area (TPSA) is 76.5 Å². The Labute approximate surface area is 164 Å². The fourth-order valence-electron chi connectivity index (χ4n) is 3.51. The molecular weight excluding hydrogens is 356 g/mol. The molecule has 7 heteroatoms. The minimum atomic E-state index is -0.135. The van der Waals surface area contributed by atoms with E-state index >= 15 is 0 Å². The molecule has 0 spiro atoms. The van der Waals surface area contributed by atoms with Crippen LogP contribution in [-0.2, 0) is 16.1 Å². The molecule has 148 valence electrons. The molecule has 1 aromatic heterocycles. The van der Waals surface area contributed by atoms with Crippen LogP contribution >= 0.6 is 0 Å². The first-order chi connectivity index (χ1) is 13.5. The van der Waals surface area contributed by atoms with Gasteiger partial charge in [-0.2, -0.15) is 5.10 Å². The minimum Gasteiger partial charge on any atom is -0.378 e. The third-order valence-corrected chi connectivity index (χ3v) is 5.50. The maximum absolute atomic E-state index is 12.8. The zero-order valence-corrected chi connectivity index (χ0v) is 16.4. The largest absolute Gasteiger partial charge is 0.378 e. The molecular formula is C21H26N4O3. The van der Waals surface area contributed by atoms with Crippen LogP contribution in [0.2, 0.25) is 0 Å². The summed E-state index contributed by atoms with van der Waals surface area (Å²) in [6, 6.07) is 7.72. The van der Waals surface area contributed by atoms with Crippen molar-refractivity contribution in [2.24, 2.45) is 0 Å². The lowest BCUT2D eigenvalue weighted by atomic mass is 10.1. The number of amides is 2. The number of hydrogen-bond donors (Lipinski definition) is 1. The van der Waals surface area contributed by atoms with Crippen LogP contribution in [0.1, 0.15) is 46.1 Å². The zero-order chi connectivity index (χ0) is 19.7. The Kier molecular flexibility index (Phi) is 5.17. The second kappa shape index (κ2) is 7.75. The average Bonchev–Trinajstić information content (AvgIpc) is 3.46. The summed E-state index contributed by atoms with van der Waals surface area (Å²) < 4.78 is 7.02. The van der Waals surface area contributed by atoms with Gasteiger partial charge in [-0.1, -0.05) is 12.1 Å². The standard InChI is InChI=1S/C21H26N4O3/c1-14-4-3-5-17(15(14)2)22-20(26)13-25-19(16-6-7-16)12-18(23-25)21(27)24-8-10-28-11-9-24/h3-5,12,16H,6-11,13H2,1-2H3,(H,22,26). The highest BCUT2D eigenvalue weighted by Crippen LogP contribution is 2.40. The molecule has 2 amide bonds. The number of nitrogens with zero attached hydrogens (tertiary/aromatic N) is 3. The first kappa shape index (κ1) is 18.7. The van der Waals surface area contributed by atoms with E-state index in [1.807, 2.05) is 38.1 Å². The molecule has 2 fully saturated rings. The van der Waals surface area contributed by atoms with E-state index in [9.17, 15) is 9.59 Å². The molecule has 0 radical (unpaired) electrons. The number of hydrogen-bond acceptors (Lipinski definition) is 4. The number of aryl methyl sites for hydroxylation is 1. The molecule has 2 aliphatic rings. The van der Waals surface area contributed by atoms with Gasteiger partial charge in [0.15, 0.2) is 5.69 Å². The molecule has 0 unspecified atom stereocenters. The number of anilines is 1. The van der Waals surface area contributed by atoms with E-state index in [4.69, 9.17) is 4.74 Å². The minimum absolute atomic E-state index is 0.0844. The maximum atomic E-state index is 12.8. The molecule has 28 heavy (non-hydrogen) atoms. The highest BCUT2D eigenvalue weighted by atomic mass is 16.5. The number of nitrogens with one attached hydrogen (secondary N) is 1. The molecule has 7 nitrogen and oxygen atoms in total. The van der Waals surface area contributed by atoms with Crippen LogP contribution in [-0.4, -0.2) is 52.8 Å². The van der Waals surface area contributed by atoms with Crippen molar-refractivity contribution in [3.05, 3.63) is 46.8 Å². The van der Waals surface area contributed by atoms with E-state index in [0.29, 0.717) is 37.9 Å². The summed E-state index contributed by atoms with van der Waals surface area (Å²) in [6.45, 7) is 6.39. The van der Waals surface area contributed by atoms with Crippen LogP contribution in [0.15, 0.2) is 24.3 Å². The third-order valence-electron chi connectivity index (χ3n) is 5.50. The molecule has 2 aromatic rings. The lowest BCUT2D eigenvalue weighted by molar-refractivity contribution is -0.117. The van der Waals surface area contributed by atoms with Crippen molar-refractivity contribution in [1.29, 1.82) is 0 Å².